The fourth-order valence-corrected chi connectivity index (χ4v) is 3.84. The molecule has 1 aromatic heterocycles. The molecule has 0 aliphatic carbocycles. The van der Waals surface area contributed by atoms with Crippen LogP contribution in [-0.2, 0) is 11.8 Å². The van der Waals surface area contributed by atoms with Crippen LogP contribution in [0.5, 0.6) is 11.5 Å². The second kappa shape index (κ2) is 10.3. The van der Waals surface area contributed by atoms with Crippen molar-refractivity contribution in [2.75, 3.05) is 38.2 Å². The van der Waals surface area contributed by atoms with Gasteiger partial charge < -0.3 is 14.8 Å². The number of aromatic nitrogens is 2. The van der Waals surface area contributed by atoms with E-state index in [1.54, 1.807) is 10.9 Å². The highest BCUT2D eigenvalue weighted by atomic mass is 16.5. The summed E-state index contributed by atoms with van der Waals surface area (Å²) in [6, 6.07) is 15.2. The number of hydrogen-bond acceptors (Lipinski definition) is 5. The van der Waals surface area contributed by atoms with Gasteiger partial charge in [-0.3, -0.25) is 14.4 Å². The van der Waals surface area contributed by atoms with Gasteiger partial charge in [0, 0.05) is 31.0 Å². The largest absolute Gasteiger partial charge is 0.492 e. The molecule has 1 saturated heterocycles. The highest BCUT2D eigenvalue weighted by molar-refractivity contribution is 5.93. The molecule has 1 fully saturated rings. The zero-order valence-electron chi connectivity index (χ0n) is 18.7. The van der Waals surface area contributed by atoms with E-state index >= 15 is 0 Å². The highest BCUT2D eigenvalue weighted by Gasteiger charge is 2.15. The van der Waals surface area contributed by atoms with Crippen molar-refractivity contribution < 1.29 is 14.3 Å². The molecular formula is C25H30N4O3. The van der Waals surface area contributed by atoms with Gasteiger partial charge in [0.15, 0.2) is 6.61 Å². The van der Waals surface area contributed by atoms with E-state index in [0.29, 0.717) is 18.0 Å². The Hall–Kier alpha value is -3.32. The maximum Gasteiger partial charge on any atom is 0.262 e. The maximum absolute atomic E-state index is 12.4. The average molecular weight is 435 g/mol. The van der Waals surface area contributed by atoms with Gasteiger partial charge >= 0.3 is 0 Å². The third kappa shape index (κ3) is 5.68. The van der Waals surface area contributed by atoms with E-state index in [-0.39, 0.29) is 12.5 Å². The van der Waals surface area contributed by atoms with Gasteiger partial charge in [-0.15, -0.1) is 0 Å². The summed E-state index contributed by atoms with van der Waals surface area (Å²) >= 11 is 0. The van der Waals surface area contributed by atoms with E-state index in [1.807, 2.05) is 62.5 Å². The number of rotatable bonds is 9. The van der Waals surface area contributed by atoms with Crippen LogP contribution in [-0.4, -0.2) is 53.4 Å². The van der Waals surface area contributed by atoms with Crippen molar-refractivity contribution >= 4 is 11.6 Å². The average Bonchev–Trinajstić information content (AvgIpc) is 3.46. The Labute approximate surface area is 188 Å². The molecule has 0 spiro atoms. The van der Waals surface area contributed by atoms with Crippen molar-refractivity contribution in [3.05, 3.63) is 60.3 Å². The van der Waals surface area contributed by atoms with Gasteiger partial charge in [-0.2, -0.15) is 5.10 Å². The minimum Gasteiger partial charge on any atom is -0.492 e. The van der Waals surface area contributed by atoms with E-state index in [1.165, 1.54) is 12.8 Å². The minimum atomic E-state index is -0.218. The van der Waals surface area contributed by atoms with Crippen LogP contribution in [0.2, 0.25) is 0 Å². The SMILES string of the molecule is Cc1ccc(OCC(=O)Nc2ccc(OCCN3CCCC3)c(-c3ccnn3C)c2)cc1. The van der Waals surface area contributed by atoms with E-state index in [2.05, 4.69) is 15.3 Å². The zero-order chi connectivity index (χ0) is 22.3. The maximum atomic E-state index is 12.4. The molecule has 0 radical (unpaired) electrons. The Morgan fingerprint density at radius 1 is 1.06 bits per heavy atom. The van der Waals surface area contributed by atoms with E-state index in [4.69, 9.17) is 9.47 Å². The standard InChI is InChI=1S/C25H30N4O3/c1-19-5-8-21(9-6-19)32-18-25(30)27-20-7-10-24(31-16-15-29-13-3-4-14-29)22(17-20)23-11-12-26-28(23)2/h5-12,17H,3-4,13-16,18H2,1-2H3,(H,27,30). The van der Waals surface area contributed by atoms with Crippen LogP contribution < -0.4 is 14.8 Å². The first-order valence-electron chi connectivity index (χ1n) is 11.1. The Morgan fingerprint density at radius 3 is 2.56 bits per heavy atom. The molecule has 7 heteroatoms. The lowest BCUT2D eigenvalue weighted by Gasteiger charge is -2.17. The normalized spacial score (nSPS) is 13.8. The second-order valence-corrected chi connectivity index (χ2v) is 8.10. The molecule has 4 rings (SSSR count). The minimum absolute atomic E-state index is 0.0574. The van der Waals surface area contributed by atoms with Crippen LogP contribution in [0, 0.1) is 6.92 Å². The lowest BCUT2D eigenvalue weighted by molar-refractivity contribution is -0.118. The van der Waals surface area contributed by atoms with E-state index < -0.39 is 0 Å². The molecule has 168 valence electrons. The molecule has 7 nitrogen and oxygen atoms in total. The monoisotopic (exact) mass is 434 g/mol. The summed E-state index contributed by atoms with van der Waals surface area (Å²) in [6.07, 6.45) is 4.29. The summed E-state index contributed by atoms with van der Waals surface area (Å²) in [5.74, 6) is 1.23. The lowest BCUT2D eigenvalue weighted by Crippen LogP contribution is -2.25. The second-order valence-electron chi connectivity index (χ2n) is 8.10. The number of nitrogens with one attached hydrogen (secondary N) is 1. The first-order chi connectivity index (χ1) is 15.6. The molecule has 0 atom stereocenters. The van der Waals surface area contributed by atoms with Crippen LogP contribution in [0.15, 0.2) is 54.7 Å². The molecular weight excluding hydrogens is 404 g/mol. The fourth-order valence-electron chi connectivity index (χ4n) is 3.84. The molecule has 32 heavy (non-hydrogen) atoms. The Kier molecular flexibility index (Phi) is 7.07. The van der Waals surface area contributed by atoms with E-state index in [0.717, 1.165) is 42.2 Å². The first kappa shape index (κ1) is 21.9. The molecule has 1 amide bonds. The first-order valence-corrected chi connectivity index (χ1v) is 11.1. The van der Waals surface area contributed by atoms with Crippen LogP contribution in [0.4, 0.5) is 5.69 Å². The molecule has 2 heterocycles. The fraction of sp³-hybridized carbons (Fsp3) is 0.360. The van der Waals surface area contributed by atoms with E-state index in [9.17, 15) is 4.79 Å². The number of ether oxygens (including phenoxy) is 2. The number of carbonyl (C=O) groups is 1. The molecule has 0 saturated carbocycles. The smallest absolute Gasteiger partial charge is 0.262 e. The van der Waals surface area contributed by atoms with Gasteiger partial charge in [0.05, 0.1) is 5.69 Å². The highest BCUT2D eigenvalue weighted by Crippen LogP contribution is 2.32. The summed E-state index contributed by atoms with van der Waals surface area (Å²) in [5.41, 5.74) is 3.65. The van der Waals surface area contributed by atoms with Crippen molar-refractivity contribution in [1.29, 1.82) is 0 Å². The number of benzene rings is 2. The van der Waals surface area contributed by atoms with Crippen molar-refractivity contribution in [2.45, 2.75) is 19.8 Å². The number of amides is 1. The molecule has 3 aromatic rings. The predicted octanol–water partition coefficient (Wildman–Crippen LogP) is 3.89. The molecule has 1 aliphatic heterocycles. The van der Waals surface area contributed by atoms with Crippen LogP contribution >= 0.6 is 0 Å². The van der Waals surface area contributed by atoms with Crippen LogP contribution in [0.3, 0.4) is 0 Å². The topological polar surface area (TPSA) is 68.6 Å². The van der Waals surface area contributed by atoms with Gasteiger partial charge in [-0.1, -0.05) is 17.7 Å². The number of aryl methyl sites for hydroxylation is 2. The lowest BCUT2D eigenvalue weighted by atomic mass is 10.1. The summed E-state index contributed by atoms with van der Waals surface area (Å²) in [4.78, 5) is 14.9. The van der Waals surface area contributed by atoms with Crippen molar-refractivity contribution in [1.82, 2.24) is 14.7 Å². The van der Waals surface area contributed by atoms with Crippen LogP contribution in [0.25, 0.3) is 11.3 Å². The quantitative estimate of drug-likeness (QED) is 0.553. The Balaban J connectivity index is 1.42. The molecule has 2 aromatic carbocycles. The zero-order valence-corrected chi connectivity index (χ0v) is 18.7. The predicted molar refractivity (Wildman–Crippen MR) is 125 cm³/mol. The Bertz CT molecular complexity index is 1040. The van der Waals surface area contributed by atoms with Gasteiger partial charge in [-0.25, -0.2) is 0 Å². The number of likely N-dealkylation sites (tertiary alicyclic amines) is 1. The number of anilines is 1. The molecule has 0 bridgehead atoms. The Morgan fingerprint density at radius 2 is 1.84 bits per heavy atom. The molecule has 0 unspecified atom stereocenters. The third-order valence-corrected chi connectivity index (χ3v) is 5.61. The summed E-state index contributed by atoms with van der Waals surface area (Å²) in [6.45, 7) is 5.79. The van der Waals surface area contributed by atoms with Crippen molar-refractivity contribution in [3.63, 3.8) is 0 Å². The summed E-state index contributed by atoms with van der Waals surface area (Å²) < 4.78 is 13.5. The van der Waals surface area contributed by atoms with Crippen molar-refractivity contribution in [2.24, 2.45) is 7.05 Å². The number of nitrogens with zero attached hydrogens (tertiary/aromatic N) is 3. The van der Waals surface area contributed by atoms with Gasteiger partial charge in [0.2, 0.25) is 0 Å². The van der Waals surface area contributed by atoms with Gasteiger partial charge in [0.1, 0.15) is 18.1 Å². The number of carbonyl (C=O) groups excluding carboxylic acids is 1. The molecule has 1 N–H and O–H groups in total. The summed E-state index contributed by atoms with van der Waals surface area (Å²) in [7, 11) is 1.89. The third-order valence-electron chi connectivity index (χ3n) is 5.61. The van der Waals surface area contributed by atoms with Crippen LogP contribution in [0.1, 0.15) is 18.4 Å². The van der Waals surface area contributed by atoms with Gasteiger partial charge in [-0.05, 0) is 69.3 Å². The van der Waals surface area contributed by atoms with Crippen molar-refractivity contribution in [3.8, 4) is 22.8 Å². The summed E-state index contributed by atoms with van der Waals surface area (Å²) in [5, 5.41) is 7.20. The van der Waals surface area contributed by atoms with Gasteiger partial charge in [0.25, 0.3) is 5.91 Å². The number of hydrogen-bond donors (Lipinski definition) is 1. The molecule has 1 aliphatic rings.